The third-order valence-electron chi connectivity index (χ3n) is 12.5. The Balaban J connectivity index is 0.000000154. The predicted molar refractivity (Wildman–Crippen MR) is 245 cm³/mol. The number of hydrogen-bond donors (Lipinski definition) is 1. The molecule has 0 saturated carbocycles. The second kappa shape index (κ2) is 19.4. The Bertz CT molecular complexity index is 2310. The van der Waals surface area contributed by atoms with Crippen molar-refractivity contribution >= 4 is 60.9 Å². The molecule has 4 aliphatic rings. The molecule has 14 heteroatoms. The lowest BCUT2D eigenvalue weighted by atomic mass is 10.1. The van der Waals surface area contributed by atoms with E-state index in [1.807, 2.05) is 24.5 Å². The summed E-state index contributed by atoms with van der Waals surface area (Å²) in [5, 5.41) is 6.64. The number of nitrogens with two attached hydrogens (primary N) is 1. The van der Waals surface area contributed by atoms with Gasteiger partial charge in [-0.1, -0.05) is 60.7 Å². The van der Waals surface area contributed by atoms with Gasteiger partial charge in [0.2, 0.25) is 17.8 Å². The van der Waals surface area contributed by atoms with E-state index < -0.39 is 0 Å². The van der Waals surface area contributed by atoms with Crippen molar-refractivity contribution in [1.82, 2.24) is 34.6 Å². The van der Waals surface area contributed by atoms with E-state index in [1.54, 1.807) is 22.7 Å². The minimum absolute atomic E-state index is 0.0311. The van der Waals surface area contributed by atoms with E-state index in [0.717, 1.165) is 130 Å². The normalized spacial score (nSPS) is 20.3. The molecule has 4 saturated heterocycles. The summed E-state index contributed by atoms with van der Waals surface area (Å²) in [6.45, 7) is 15.0. The first kappa shape index (κ1) is 40.8. The van der Waals surface area contributed by atoms with Crippen LogP contribution in [0.3, 0.4) is 0 Å². The maximum atomic E-state index is 11.3. The second-order valence-corrected chi connectivity index (χ2v) is 18.3. The first-order valence-electron chi connectivity index (χ1n) is 21.7. The van der Waals surface area contributed by atoms with Crippen LogP contribution in [0.25, 0.3) is 42.7 Å². The zero-order valence-corrected chi connectivity index (χ0v) is 36.0. The van der Waals surface area contributed by atoms with Gasteiger partial charge >= 0.3 is 0 Å². The van der Waals surface area contributed by atoms with Crippen molar-refractivity contribution in [2.24, 2.45) is 17.6 Å². The van der Waals surface area contributed by atoms with Crippen LogP contribution in [0.1, 0.15) is 25.7 Å². The van der Waals surface area contributed by atoms with Crippen molar-refractivity contribution in [2.45, 2.75) is 25.7 Å². The Morgan fingerprint density at radius 3 is 1.83 bits per heavy atom. The predicted octanol–water partition coefficient (Wildman–Crippen LogP) is 6.58. The molecule has 4 aliphatic heterocycles. The maximum Gasteiger partial charge on any atom is 0.226 e. The topological polar surface area (TPSA) is 120 Å². The van der Waals surface area contributed by atoms with Crippen molar-refractivity contribution in [3.63, 3.8) is 0 Å². The second-order valence-electron chi connectivity index (χ2n) is 16.6. The van der Waals surface area contributed by atoms with Crippen LogP contribution >= 0.6 is 22.7 Å². The number of benzene rings is 2. The molecule has 0 aliphatic carbocycles. The van der Waals surface area contributed by atoms with Gasteiger partial charge in [-0.2, -0.15) is 0 Å². The molecule has 12 nitrogen and oxygen atoms in total. The van der Waals surface area contributed by atoms with E-state index >= 15 is 0 Å². The number of aromatic nitrogens is 4. The molecule has 4 aromatic heterocycles. The van der Waals surface area contributed by atoms with E-state index in [9.17, 15) is 4.79 Å². The van der Waals surface area contributed by atoms with Gasteiger partial charge in [0.25, 0.3) is 0 Å². The van der Waals surface area contributed by atoms with Gasteiger partial charge in [-0.3, -0.25) is 9.69 Å². The van der Waals surface area contributed by atoms with Gasteiger partial charge in [0.15, 0.2) is 0 Å². The number of nitrogens with zero attached hydrogens (tertiary/aromatic N) is 9. The zero-order valence-electron chi connectivity index (χ0n) is 34.4. The van der Waals surface area contributed by atoms with Gasteiger partial charge in [-0.05, 0) is 56.4 Å². The lowest BCUT2D eigenvalue weighted by Gasteiger charge is -2.35. The standard InChI is InChI=1S/C23H28N6OS.C23H28N4OS/c24-21(30)18-6-7-28(15-18)9-8-27-10-12-29(13-11-27)23-25-14-19-20(16-31-22(19)26-23)17-4-2-1-3-5-17;1-2-6-19(7-3-1)21-17-29-22-20(21)14-24-23(25-22)27-11-8-18(15-27)16-28-13-12-26-9-4-5-10-26/h1-5,14,16,18H,6-13,15H2,(H2,24,30);1-3,6-7,14,17-18H,4-5,8-13,15-16H2/t18-;/m1./s1. The Morgan fingerprint density at radius 2 is 1.23 bits per heavy atom. The lowest BCUT2D eigenvalue weighted by molar-refractivity contribution is -0.121. The molecule has 2 aromatic carbocycles. The van der Waals surface area contributed by atoms with Crippen LogP contribution in [0.5, 0.6) is 0 Å². The van der Waals surface area contributed by atoms with E-state index in [0.29, 0.717) is 5.92 Å². The number of piperazine rings is 1. The average Bonchev–Trinajstić information content (AvgIpc) is 4.16. The fourth-order valence-corrected chi connectivity index (χ4v) is 10.8. The van der Waals surface area contributed by atoms with Crippen LogP contribution in [0.15, 0.2) is 83.8 Å². The summed E-state index contributed by atoms with van der Waals surface area (Å²) in [4.78, 5) is 44.6. The molecule has 8 heterocycles. The van der Waals surface area contributed by atoms with Gasteiger partial charge in [0, 0.05) is 116 Å². The smallest absolute Gasteiger partial charge is 0.226 e. The molecular formula is C46H56N10O2S2. The van der Waals surface area contributed by atoms with Crippen LogP contribution in [-0.4, -0.2) is 139 Å². The van der Waals surface area contributed by atoms with Crippen LogP contribution in [0, 0.1) is 11.8 Å². The van der Waals surface area contributed by atoms with Gasteiger partial charge in [0.05, 0.1) is 19.1 Å². The number of fused-ring (bicyclic) bond motifs is 2. The van der Waals surface area contributed by atoms with Crippen molar-refractivity contribution in [1.29, 1.82) is 0 Å². The number of rotatable bonds is 13. The fourth-order valence-electron chi connectivity index (χ4n) is 8.93. The molecule has 2 atom stereocenters. The molecule has 4 fully saturated rings. The number of hydrogen-bond acceptors (Lipinski definition) is 13. The molecule has 1 unspecified atom stereocenters. The van der Waals surface area contributed by atoms with Crippen molar-refractivity contribution in [2.75, 3.05) is 108 Å². The highest BCUT2D eigenvalue weighted by Gasteiger charge is 2.28. The van der Waals surface area contributed by atoms with E-state index in [4.69, 9.17) is 30.4 Å². The van der Waals surface area contributed by atoms with E-state index in [2.05, 4.69) is 83.8 Å². The quantitative estimate of drug-likeness (QED) is 0.127. The largest absolute Gasteiger partial charge is 0.380 e. The molecule has 60 heavy (non-hydrogen) atoms. The van der Waals surface area contributed by atoms with E-state index in [-0.39, 0.29) is 11.8 Å². The zero-order chi connectivity index (χ0) is 40.7. The lowest BCUT2D eigenvalue weighted by Crippen LogP contribution is -2.48. The Morgan fingerprint density at radius 1 is 0.650 bits per heavy atom. The third-order valence-corrected chi connectivity index (χ3v) is 14.3. The van der Waals surface area contributed by atoms with Crippen LogP contribution in [0.4, 0.5) is 11.9 Å². The summed E-state index contributed by atoms with van der Waals surface area (Å²) in [7, 11) is 0. The monoisotopic (exact) mass is 844 g/mol. The van der Waals surface area contributed by atoms with Gasteiger partial charge in [-0.25, -0.2) is 19.9 Å². The molecule has 1 amide bonds. The van der Waals surface area contributed by atoms with Gasteiger partial charge in [0.1, 0.15) is 9.66 Å². The average molecular weight is 845 g/mol. The number of carbonyl (C=O) groups is 1. The first-order chi connectivity index (χ1) is 29.5. The fraction of sp³-hybridized carbons (Fsp3) is 0.457. The third kappa shape index (κ3) is 9.80. The molecule has 6 aromatic rings. The Kier molecular flexibility index (Phi) is 13.2. The van der Waals surface area contributed by atoms with Crippen LogP contribution in [0.2, 0.25) is 0 Å². The minimum atomic E-state index is -0.158. The molecule has 0 spiro atoms. The summed E-state index contributed by atoms with van der Waals surface area (Å²) in [5.41, 5.74) is 10.3. The Hall–Kier alpha value is -4.57. The van der Waals surface area contributed by atoms with Crippen LogP contribution < -0.4 is 15.5 Å². The van der Waals surface area contributed by atoms with Crippen molar-refractivity contribution in [3.8, 4) is 22.3 Å². The highest BCUT2D eigenvalue weighted by molar-refractivity contribution is 7.17. The van der Waals surface area contributed by atoms with E-state index in [1.165, 1.54) is 48.2 Å². The summed E-state index contributed by atoms with van der Waals surface area (Å²) in [5.74, 6) is 2.14. The highest BCUT2D eigenvalue weighted by atomic mass is 32.1. The first-order valence-corrected chi connectivity index (χ1v) is 23.4. The molecule has 10 rings (SSSR count). The molecule has 2 N–H and O–H groups in total. The number of likely N-dealkylation sites (tertiary alicyclic amines) is 2. The highest BCUT2D eigenvalue weighted by Crippen LogP contribution is 2.35. The molecule has 314 valence electrons. The van der Waals surface area contributed by atoms with Crippen molar-refractivity contribution in [3.05, 3.63) is 83.8 Å². The summed E-state index contributed by atoms with van der Waals surface area (Å²) in [6, 6.07) is 20.9. The number of primary amides is 1. The summed E-state index contributed by atoms with van der Waals surface area (Å²) in [6.07, 6.45) is 8.72. The number of carbonyl (C=O) groups excluding carboxylic acids is 1. The Labute approximate surface area is 361 Å². The van der Waals surface area contributed by atoms with Gasteiger partial charge < -0.3 is 30.1 Å². The number of anilines is 2. The maximum absolute atomic E-state index is 11.3. The number of ether oxygens (including phenoxy) is 1. The minimum Gasteiger partial charge on any atom is -0.380 e. The summed E-state index contributed by atoms with van der Waals surface area (Å²) < 4.78 is 5.98. The van der Waals surface area contributed by atoms with Crippen LogP contribution in [-0.2, 0) is 9.53 Å². The SMILES string of the molecule is NC(=O)[C@@H]1CCN(CCN2CCN(c3ncc4c(-c5ccccc5)csc4n3)CC2)C1.c1ccc(-c2csc3nc(N4CCC(COCCN5CCCC5)C4)ncc23)cc1. The molecule has 0 radical (unpaired) electrons. The van der Waals surface area contributed by atoms with Crippen molar-refractivity contribution < 1.29 is 9.53 Å². The summed E-state index contributed by atoms with van der Waals surface area (Å²) >= 11 is 3.39. The number of amides is 1. The van der Waals surface area contributed by atoms with Gasteiger partial charge in [-0.15, -0.1) is 22.7 Å². The molecule has 0 bridgehead atoms. The molecular weight excluding hydrogens is 789 g/mol. The number of thiophene rings is 2.